The van der Waals surface area contributed by atoms with Crippen LogP contribution in [0.2, 0.25) is 0 Å². The molecule has 1 saturated carbocycles. The Bertz CT molecular complexity index is 419. The molecule has 1 aliphatic carbocycles. The van der Waals surface area contributed by atoms with Gasteiger partial charge in [0, 0.05) is 5.56 Å². The van der Waals surface area contributed by atoms with E-state index in [0.29, 0.717) is 11.8 Å². The van der Waals surface area contributed by atoms with Crippen LogP contribution < -0.4 is 14.8 Å². The minimum absolute atomic E-state index is 0.577. The Morgan fingerprint density at radius 3 is 2.65 bits per heavy atom. The summed E-state index contributed by atoms with van der Waals surface area (Å²) in [6.07, 6.45) is 5.21. The van der Waals surface area contributed by atoms with Crippen LogP contribution in [0, 0.1) is 5.92 Å². The number of hydrogen-bond acceptors (Lipinski definition) is 3. The highest BCUT2D eigenvalue weighted by Gasteiger charge is 2.28. The van der Waals surface area contributed by atoms with Gasteiger partial charge in [-0.25, -0.2) is 0 Å². The highest BCUT2D eigenvalue weighted by atomic mass is 16.5. The minimum atomic E-state index is 0.577. The molecule has 3 nitrogen and oxygen atoms in total. The fraction of sp³-hybridized carbons (Fsp3) is 0.647. The first-order valence-electron chi connectivity index (χ1n) is 7.72. The number of methoxy groups -OCH3 is 2. The fourth-order valence-corrected chi connectivity index (χ4v) is 3.32. The van der Waals surface area contributed by atoms with Crippen LogP contribution >= 0.6 is 0 Å². The van der Waals surface area contributed by atoms with Crippen molar-refractivity contribution >= 4 is 0 Å². The average molecular weight is 277 g/mol. The highest BCUT2D eigenvalue weighted by Crippen LogP contribution is 2.42. The molecule has 0 bridgehead atoms. The third-order valence-corrected chi connectivity index (χ3v) is 4.40. The Morgan fingerprint density at radius 1 is 1.15 bits per heavy atom. The summed E-state index contributed by atoms with van der Waals surface area (Å²) in [5, 5.41) is 3.51. The zero-order valence-corrected chi connectivity index (χ0v) is 12.9. The first-order valence-corrected chi connectivity index (χ1v) is 7.72. The Morgan fingerprint density at radius 2 is 1.95 bits per heavy atom. The third-order valence-electron chi connectivity index (χ3n) is 4.40. The lowest BCUT2D eigenvalue weighted by atomic mass is 9.75. The van der Waals surface area contributed by atoms with Crippen LogP contribution in [0.1, 0.15) is 44.1 Å². The van der Waals surface area contributed by atoms with Crippen molar-refractivity contribution in [1.29, 1.82) is 0 Å². The van der Waals surface area contributed by atoms with E-state index in [0.717, 1.165) is 24.6 Å². The minimum Gasteiger partial charge on any atom is -0.497 e. The normalized spacial score (nSPS) is 22.6. The molecule has 3 heteroatoms. The molecule has 2 rings (SSSR count). The lowest BCUT2D eigenvalue weighted by molar-refractivity contribution is 0.288. The van der Waals surface area contributed by atoms with Gasteiger partial charge in [-0.1, -0.05) is 19.8 Å². The summed E-state index contributed by atoms with van der Waals surface area (Å²) in [5.74, 6) is 3.20. The molecule has 0 aromatic heterocycles. The molecule has 2 atom stereocenters. The fourth-order valence-electron chi connectivity index (χ4n) is 3.32. The Labute approximate surface area is 122 Å². The lowest BCUT2D eigenvalue weighted by Gasteiger charge is -2.33. The molecule has 2 unspecified atom stereocenters. The summed E-state index contributed by atoms with van der Waals surface area (Å²) in [6.45, 7) is 4.31. The maximum absolute atomic E-state index is 5.57. The van der Waals surface area contributed by atoms with Gasteiger partial charge in [0.2, 0.25) is 0 Å². The molecule has 0 radical (unpaired) electrons. The summed E-state index contributed by atoms with van der Waals surface area (Å²) < 4.78 is 11.0. The largest absolute Gasteiger partial charge is 0.497 e. The standard InChI is InChI=1S/C17H27NO2/c1-4-18-12-13-7-5-6-8-15(13)16-11-14(19-2)9-10-17(16)20-3/h9-11,13,15,18H,4-8,12H2,1-3H3. The van der Waals surface area contributed by atoms with Crippen LogP contribution in [-0.2, 0) is 0 Å². The molecular formula is C17H27NO2. The van der Waals surface area contributed by atoms with Crippen molar-refractivity contribution in [2.45, 2.75) is 38.5 Å². The number of benzene rings is 1. The average Bonchev–Trinajstić information content (AvgIpc) is 2.52. The van der Waals surface area contributed by atoms with Gasteiger partial charge in [0.1, 0.15) is 11.5 Å². The molecule has 1 aromatic carbocycles. The zero-order chi connectivity index (χ0) is 14.4. The van der Waals surface area contributed by atoms with Gasteiger partial charge in [0.15, 0.2) is 0 Å². The lowest BCUT2D eigenvalue weighted by Crippen LogP contribution is -2.29. The number of rotatable bonds is 6. The van der Waals surface area contributed by atoms with E-state index >= 15 is 0 Å². The molecule has 1 aliphatic rings. The topological polar surface area (TPSA) is 30.5 Å². The molecule has 0 amide bonds. The van der Waals surface area contributed by atoms with Crippen LogP contribution in [-0.4, -0.2) is 27.3 Å². The van der Waals surface area contributed by atoms with Crippen molar-refractivity contribution in [3.8, 4) is 11.5 Å². The Hall–Kier alpha value is -1.22. The number of nitrogens with one attached hydrogen (secondary N) is 1. The number of hydrogen-bond donors (Lipinski definition) is 1. The van der Waals surface area contributed by atoms with Crippen molar-refractivity contribution in [1.82, 2.24) is 5.32 Å². The first kappa shape index (κ1) is 15.2. The van der Waals surface area contributed by atoms with E-state index in [9.17, 15) is 0 Å². The van der Waals surface area contributed by atoms with E-state index in [2.05, 4.69) is 18.3 Å². The van der Waals surface area contributed by atoms with Crippen molar-refractivity contribution in [2.24, 2.45) is 5.92 Å². The van der Waals surface area contributed by atoms with Crippen molar-refractivity contribution in [3.05, 3.63) is 23.8 Å². The zero-order valence-electron chi connectivity index (χ0n) is 12.9. The summed E-state index contributed by atoms with van der Waals surface area (Å²) >= 11 is 0. The second-order valence-electron chi connectivity index (χ2n) is 5.57. The van der Waals surface area contributed by atoms with E-state index in [1.165, 1.54) is 31.2 Å². The molecule has 20 heavy (non-hydrogen) atoms. The highest BCUT2D eigenvalue weighted by molar-refractivity contribution is 5.43. The van der Waals surface area contributed by atoms with E-state index in [1.807, 2.05) is 12.1 Å². The van der Waals surface area contributed by atoms with E-state index in [4.69, 9.17) is 9.47 Å². The van der Waals surface area contributed by atoms with Gasteiger partial charge in [0.25, 0.3) is 0 Å². The number of ether oxygens (including phenoxy) is 2. The van der Waals surface area contributed by atoms with Gasteiger partial charge < -0.3 is 14.8 Å². The van der Waals surface area contributed by atoms with E-state index < -0.39 is 0 Å². The van der Waals surface area contributed by atoms with Crippen LogP contribution in [0.4, 0.5) is 0 Å². The quantitative estimate of drug-likeness (QED) is 0.862. The summed E-state index contributed by atoms with van der Waals surface area (Å²) in [7, 11) is 3.48. The van der Waals surface area contributed by atoms with Gasteiger partial charge >= 0.3 is 0 Å². The van der Waals surface area contributed by atoms with Gasteiger partial charge in [-0.05, 0) is 56.0 Å². The Kier molecular flexibility index (Phi) is 5.72. The van der Waals surface area contributed by atoms with Crippen LogP contribution in [0.3, 0.4) is 0 Å². The Balaban J connectivity index is 2.25. The maximum atomic E-state index is 5.57. The predicted molar refractivity (Wildman–Crippen MR) is 82.8 cm³/mol. The molecule has 0 aliphatic heterocycles. The second-order valence-corrected chi connectivity index (χ2v) is 5.57. The summed E-state index contributed by atoms with van der Waals surface area (Å²) in [5.41, 5.74) is 1.31. The van der Waals surface area contributed by atoms with Gasteiger partial charge in [-0.15, -0.1) is 0 Å². The van der Waals surface area contributed by atoms with E-state index in [1.54, 1.807) is 14.2 Å². The maximum Gasteiger partial charge on any atom is 0.122 e. The summed E-state index contributed by atoms with van der Waals surface area (Å²) in [6, 6.07) is 6.17. The van der Waals surface area contributed by atoms with E-state index in [-0.39, 0.29) is 0 Å². The van der Waals surface area contributed by atoms with Crippen LogP contribution in [0.15, 0.2) is 18.2 Å². The first-order chi connectivity index (χ1) is 9.80. The predicted octanol–water partition coefficient (Wildman–Crippen LogP) is 3.59. The molecule has 0 saturated heterocycles. The molecule has 1 fully saturated rings. The van der Waals surface area contributed by atoms with Gasteiger partial charge in [-0.3, -0.25) is 0 Å². The molecular weight excluding hydrogens is 250 g/mol. The molecule has 0 spiro atoms. The van der Waals surface area contributed by atoms with Crippen LogP contribution in [0.5, 0.6) is 11.5 Å². The molecule has 1 aromatic rings. The molecule has 112 valence electrons. The monoisotopic (exact) mass is 277 g/mol. The van der Waals surface area contributed by atoms with Gasteiger partial charge in [0.05, 0.1) is 14.2 Å². The summed E-state index contributed by atoms with van der Waals surface area (Å²) in [4.78, 5) is 0. The third kappa shape index (κ3) is 3.45. The van der Waals surface area contributed by atoms with Crippen molar-refractivity contribution < 1.29 is 9.47 Å². The molecule has 0 heterocycles. The van der Waals surface area contributed by atoms with Crippen LogP contribution in [0.25, 0.3) is 0 Å². The molecule has 1 N–H and O–H groups in total. The second kappa shape index (κ2) is 7.53. The van der Waals surface area contributed by atoms with Crippen molar-refractivity contribution in [2.75, 3.05) is 27.3 Å². The van der Waals surface area contributed by atoms with Crippen molar-refractivity contribution in [3.63, 3.8) is 0 Å². The van der Waals surface area contributed by atoms with Gasteiger partial charge in [-0.2, -0.15) is 0 Å². The smallest absolute Gasteiger partial charge is 0.122 e. The SMILES string of the molecule is CCNCC1CCCCC1c1cc(OC)ccc1OC.